The summed E-state index contributed by atoms with van der Waals surface area (Å²) < 4.78 is 0. The molecule has 108 valence electrons. The molecule has 0 atom stereocenters. The molecule has 2 nitrogen and oxygen atoms in total. The van der Waals surface area contributed by atoms with Gasteiger partial charge in [-0.25, -0.2) is 0 Å². The van der Waals surface area contributed by atoms with Crippen LogP contribution in [0.3, 0.4) is 0 Å². The predicted octanol–water partition coefficient (Wildman–Crippen LogP) is 3.87. The van der Waals surface area contributed by atoms with E-state index in [1.54, 1.807) is 11.8 Å². The molecular weight excluding hydrogens is 278 g/mol. The van der Waals surface area contributed by atoms with Gasteiger partial charge in [0.15, 0.2) is 0 Å². The number of likely N-dealkylation sites (tertiary alicyclic amines) is 1. The van der Waals surface area contributed by atoms with Crippen molar-refractivity contribution in [2.75, 3.05) is 20.1 Å². The van der Waals surface area contributed by atoms with Gasteiger partial charge in [0, 0.05) is 10.3 Å². The highest BCUT2D eigenvalue weighted by Gasteiger charge is 2.43. The summed E-state index contributed by atoms with van der Waals surface area (Å²) in [7, 11) is 2.19. The van der Waals surface area contributed by atoms with Crippen molar-refractivity contribution in [2.24, 2.45) is 0 Å². The standard InChI is InChI=1S/C18H19NOS/c1-19-11-9-18(10-12-19)13-5-2-3-8-16(13)21-17-14(18)6-4-7-15(17)20/h2-8,20H,9-12H2,1H3. The van der Waals surface area contributed by atoms with E-state index in [1.165, 1.54) is 16.0 Å². The molecule has 0 aliphatic carbocycles. The summed E-state index contributed by atoms with van der Waals surface area (Å²) in [5.41, 5.74) is 2.84. The summed E-state index contributed by atoms with van der Waals surface area (Å²) in [5.74, 6) is 0.422. The minimum atomic E-state index is 0.0719. The fourth-order valence-electron chi connectivity index (χ4n) is 3.75. The number of fused-ring (bicyclic) bond motifs is 4. The third-order valence-electron chi connectivity index (χ3n) is 4.97. The fraction of sp³-hybridized carbons (Fsp3) is 0.333. The van der Waals surface area contributed by atoms with Gasteiger partial charge in [0.05, 0.1) is 4.90 Å². The number of hydrogen-bond acceptors (Lipinski definition) is 3. The number of aromatic hydroxyl groups is 1. The number of piperidine rings is 1. The Labute approximate surface area is 129 Å². The van der Waals surface area contributed by atoms with Crippen LogP contribution in [0.25, 0.3) is 0 Å². The predicted molar refractivity (Wildman–Crippen MR) is 86.2 cm³/mol. The van der Waals surface area contributed by atoms with Crippen LogP contribution in [-0.4, -0.2) is 30.1 Å². The quantitative estimate of drug-likeness (QED) is 0.798. The normalized spacial score (nSPS) is 20.0. The molecule has 1 fully saturated rings. The van der Waals surface area contributed by atoms with Gasteiger partial charge < -0.3 is 10.0 Å². The molecule has 1 N–H and O–H groups in total. The summed E-state index contributed by atoms with van der Waals surface area (Å²) >= 11 is 1.71. The Morgan fingerprint density at radius 3 is 2.52 bits per heavy atom. The molecule has 1 saturated heterocycles. The van der Waals surface area contributed by atoms with Crippen molar-refractivity contribution < 1.29 is 5.11 Å². The van der Waals surface area contributed by atoms with Gasteiger partial charge in [-0.2, -0.15) is 0 Å². The van der Waals surface area contributed by atoms with E-state index in [2.05, 4.69) is 42.3 Å². The number of benzene rings is 2. The molecule has 4 rings (SSSR count). The van der Waals surface area contributed by atoms with Crippen molar-refractivity contribution in [1.29, 1.82) is 0 Å². The number of rotatable bonds is 0. The van der Waals surface area contributed by atoms with Crippen molar-refractivity contribution in [3.8, 4) is 5.75 Å². The van der Waals surface area contributed by atoms with Gasteiger partial charge in [-0.1, -0.05) is 42.1 Å². The highest BCUT2D eigenvalue weighted by Crippen LogP contribution is 2.55. The Bertz CT molecular complexity index is 689. The first kappa shape index (κ1) is 13.2. The van der Waals surface area contributed by atoms with Crippen LogP contribution >= 0.6 is 11.8 Å². The van der Waals surface area contributed by atoms with Crippen LogP contribution in [0.5, 0.6) is 5.75 Å². The molecule has 0 unspecified atom stereocenters. The van der Waals surface area contributed by atoms with Crippen LogP contribution in [-0.2, 0) is 5.41 Å². The smallest absolute Gasteiger partial charge is 0.129 e. The summed E-state index contributed by atoms with van der Waals surface area (Å²) in [4.78, 5) is 4.76. The van der Waals surface area contributed by atoms with E-state index >= 15 is 0 Å². The maximum Gasteiger partial charge on any atom is 0.129 e. The van der Waals surface area contributed by atoms with Crippen molar-refractivity contribution in [3.05, 3.63) is 53.6 Å². The third-order valence-corrected chi connectivity index (χ3v) is 6.17. The lowest BCUT2D eigenvalue weighted by Gasteiger charge is -2.45. The Morgan fingerprint density at radius 2 is 1.71 bits per heavy atom. The van der Waals surface area contributed by atoms with E-state index in [4.69, 9.17) is 0 Å². The molecule has 2 aromatic rings. The van der Waals surface area contributed by atoms with Gasteiger partial charge >= 0.3 is 0 Å². The first-order valence-electron chi connectivity index (χ1n) is 7.49. The molecule has 0 amide bonds. The van der Waals surface area contributed by atoms with Crippen molar-refractivity contribution >= 4 is 11.8 Å². The molecule has 3 heteroatoms. The first-order chi connectivity index (χ1) is 10.2. The van der Waals surface area contributed by atoms with E-state index in [9.17, 15) is 5.11 Å². The van der Waals surface area contributed by atoms with Crippen molar-refractivity contribution in [3.63, 3.8) is 0 Å². The van der Waals surface area contributed by atoms with Crippen LogP contribution in [0.15, 0.2) is 52.3 Å². The lowest BCUT2D eigenvalue weighted by molar-refractivity contribution is 0.208. The van der Waals surface area contributed by atoms with Crippen LogP contribution in [0, 0.1) is 0 Å². The Balaban J connectivity index is 1.95. The van der Waals surface area contributed by atoms with Crippen molar-refractivity contribution in [2.45, 2.75) is 28.0 Å². The second-order valence-corrected chi connectivity index (χ2v) is 7.19. The zero-order chi connectivity index (χ0) is 14.4. The van der Waals surface area contributed by atoms with Gasteiger partial charge in [-0.05, 0) is 56.2 Å². The molecule has 1 spiro atoms. The van der Waals surface area contributed by atoms with Crippen LogP contribution in [0.1, 0.15) is 24.0 Å². The minimum absolute atomic E-state index is 0.0719. The van der Waals surface area contributed by atoms with E-state index in [0.29, 0.717) is 5.75 Å². The third kappa shape index (κ3) is 1.91. The second kappa shape index (κ2) is 4.79. The topological polar surface area (TPSA) is 23.5 Å². The van der Waals surface area contributed by atoms with E-state index in [1.807, 2.05) is 12.1 Å². The van der Waals surface area contributed by atoms with Crippen LogP contribution < -0.4 is 0 Å². The van der Waals surface area contributed by atoms with E-state index < -0.39 is 0 Å². The van der Waals surface area contributed by atoms with Gasteiger partial charge in [0.25, 0.3) is 0 Å². The molecule has 21 heavy (non-hydrogen) atoms. The molecule has 2 heterocycles. The van der Waals surface area contributed by atoms with Gasteiger partial charge in [0.2, 0.25) is 0 Å². The highest BCUT2D eigenvalue weighted by molar-refractivity contribution is 7.99. The second-order valence-electron chi connectivity index (χ2n) is 6.14. The first-order valence-corrected chi connectivity index (χ1v) is 8.31. The van der Waals surface area contributed by atoms with Gasteiger partial charge in [0.1, 0.15) is 5.75 Å². The molecule has 0 aromatic heterocycles. The van der Waals surface area contributed by atoms with Gasteiger partial charge in [-0.15, -0.1) is 0 Å². The van der Waals surface area contributed by atoms with Crippen LogP contribution in [0.2, 0.25) is 0 Å². The minimum Gasteiger partial charge on any atom is -0.507 e. The average Bonchev–Trinajstić information content (AvgIpc) is 2.51. The maximum absolute atomic E-state index is 10.3. The lowest BCUT2D eigenvalue weighted by atomic mass is 9.67. The molecule has 2 aromatic carbocycles. The number of nitrogens with zero attached hydrogens (tertiary/aromatic N) is 1. The number of phenolic OH excluding ortho intramolecular Hbond substituents is 1. The molecule has 2 aliphatic heterocycles. The Morgan fingerprint density at radius 1 is 1.00 bits per heavy atom. The monoisotopic (exact) mass is 297 g/mol. The average molecular weight is 297 g/mol. The van der Waals surface area contributed by atoms with Crippen LogP contribution in [0.4, 0.5) is 0 Å². The molecule has 0 radical (unpaired) electrons. The lowest BCUT2D eigenvalue weighted by Crippen LogP contribution is -2.43. The van der Waals surface area contributed by atoms with E-state index in [-0.39, 0.29) is 5.41 Å². The molecule has 0 saturated carbocycles. The zero-order valence-electron chi connectivity index (χ0n) is 12.2. The number of hydrogen-bond donors (Lipinski definition) is 1. The molecule has 0 bridgehead atoms. The number of phenols is 1. The summed E-state index contributed by atoms with van der Waals surface area (Å²) in [5, 5.41) is 10.3. The van der Waals surface area contributed by atoms with Crippen molar-refractivity contribution in [1.82, 2.24) is 4.90 Å². The highest BCUT2D eigenvalue weighted by atomic mass is 32.2. The van der Waals surface area contributed by atoms with E-state index in [0.717, 1.165) is 30.8 Å². The molecular formula is C18H19NOS. The largest absolute Gasteiger partial charge is 0.507 e. The molecule has 2 aliphatic rings. The maximum atomic E-state index is 10.3. The SMILES string of the molecule is CN1CCC2(CC1)c1ccccc1Sc1c(O)cccc12. The summed E-state index contributed by atoms with van der Waals surface area (Å²) in [6.45, 7) is 2.21. The Hall–Kier alpha value is -1.45. The Kier molecular flexibility index (Phi) is 3.02. The van der Waals surface area contributed by atoms with Gasteiger partial charge in [-0.3, -0.25) is 0 Å². The zero-order valence-corrected chi connectivity index (χ0v) is 13.0. The fourth-order valence-corrected chi connectivity index (χ4v) is 5.04. The summed E-state index contributed by atoms with van der Waals surface area (Å²) in [6.07, 6.45) is 2.25. The summed E-state index contributed by atoms with van der Waals surface area (Å²) in [6, 6.07) is 14.7.